The van der Waals surface area contributed by atoms with E-state index in [2.05, 4.69) is 0 Å². The van der Waals surface area contributed by atoms with Gasteiger partial charge >= 0.3 is 0 Å². The van der Waals surface area contributed by atoms with Gasteiger partial charge in [-0.15, -0.1) is 0 Å². The topological polar surface area (TPSA) is 42.4 Å². The van der Waals surface area contributed by atoms with Crippen molar-refractivity contribution in [2.45, 2.75) is 25.9 Å². The Balaban J connectivity index is 2.22. The van der Waals surface area contributed by atoms with E-state index in [0.717, 1.165) is 17.0 Å². The predicted octanol–water partition coefficient (Wildman–Crippen LogP) is 2.94. The Hall–Kier alpha value is -1.81. The molecule has 0 aliphatic carbocycles. The van der Waals surface area contributed by atoms with Crippen LogP contribution in [0.2, 0.25) is 0 Å². The third-order valence-corrected chi connectivity index (χ3v) is 2.97. The number of benzene rings is 1. The van der Waals surface area contributed by atoms with E-state index in [1.165, 1.54) is 6.07 Å². The molecule has 3 nitrogen and oxygen atoms in total. The molecule has 0 spiro atoms. The zero-order chi connectivity index (χ0) is 13.8. The average Bonchev–Trinajstić information content (AvgIpc) is 2.80. The van der Waals surface area contributed by atoms with Gasteiger partial charge < -0.3 is 15.1 Å². The minimum Gasteiger partial charge on any atom is -0.467 e. The summed E-state index contributed by atoms with van der Waals surface area (Å²) in [5.41, 5.74) is 7.72. The molecule has 0 fully saturated rings. The number of anilines is 1. The highest BCUT2D eigenvalue weighted by molar-refractivity contribution is 5.53. The van der Waals surface area contributed by atoms with E-state index in [1.807, 2.05) is 31.0 Å². The van der Waals surface area contributed by atoms with Crippen LogP contribution in [0.15, 0.2) is 41.0 Å². The largest absolute Gasteiger partial charge is 0.467 e. The van der Waals surface area contributed by atoms with Gasteiger partial charge in [0.1, 0.15) is 11.6 Å². The number of hydrogen-bond acceptors (Lipinski definition) is 3. The summed E-state index contributed by atoms with van der Waals surface area (Å²) in [7, 11) is 1.96. The molecule has 0 saturated carbocycles. The van der Waals surface area contributed by atoms with Gasteiger partial charge in [0.15, 0.2) is 0 Å². The van der Waals surface area contributed by atoms with Crippen molar-refractivity contribution in [2.24, 2.45) is 5.73 Å². The SMILES string of the molecule is CC(N)Cc1cc(F)ccc1N(C)Cc1ccco1. The predicted molar refractivity (Wildman–Crippen MR) is 74.6 cm³/mol. The van der Waals surface area contributed by atoms with Crippen molar-refractivity contribution in [2.75, 3.05) is 11.9 Å². The lowest BCUT2D eigenvalue weighted by molar-refractivity contribution is 0.507. The van der Waals surface area contributed by atoms with Crippen molar-refractivity contribution in [3.8, 4) is 0 Å². The van der Waals surface area contributed by atoms with Crippen LogP contribution in [0.3, 0.4) is 0 Å². The number of nitrogens with two attached hydrogens (primary N) is 1. The lowest BCUT2D eigenvalue weighted by atomic mass is 10.0. The zero-order valence-corrected chi connectivity index (χ0v) is 11.3. The smallest absolute Gasteiger partial charge is 0.123 e. The summed E-state index contributed by atoms with van der Waals surface area (Å²) in [6, 6.07) is 8.59. The molecule has 0 radical (unpaired) electrons. The molecule has 2 aromatic rings. The molecule has 0 aliphatic rings. The Labute approximate surface area is 112 Å². The van der Waals surface area contributed by atoms with E-state index in [0.29, 0.717) is 13.0 Å². The molecule has 4 heteroatoms. The number of rotatable bonds is 5. The molecular formula is C15H19FN2O. The second kappa shape index (κ2) is 5.89. The summed E-state index contributed by atoms with van der Waals surface area (Å²) in [4.78, 5) is 2.04. The fourth-order valence-corrected chi connectivity index (χ4v) is 2.16. The van der Waals surface area contributed by atoms with Gasteiger partial charge in [-0.25, -0.2) is 4.39 Å². The molecule has 0 amide bonds. The lowest BCUT2D eigenvalue weighted by Crippen LogP contribution is -2.22. The third kappa shape index (κ3) is 3.58. The van der Waals surface area contributed by atoms with Crippen LogP contribution < -0.4 is 10.6 Å². The van der Waals surface area contributed by atoms with Crippen LogP contribution in [0, 0.1) is 5.82 Å². The Morgan fingerprint density at radius 1 is 1.37 bits per heavy atom. The highest BCUT2D eigenvalue weighted by Gasteiger charge is 2.11. The molecule has 102 valence electrons. The van der Waals surface area contributed by atoms with Crippen molar-refractivity contribution in [1.82, 2.24) is 0 Å². The van der Waals surface area contributed by atoms with E-state index in [-0.39, 0.29) is 11.9 Å². The molecule has 0 bridgehead atoms. The molecule has 2 N–H and O–H groups in total. The Bertz CT molecular complexity index is 523. The van der Waals surface area contributed by atoms with Gasteiger partial charge in [0, 0.05) is 18.8 Å². The minimum absolute atomic E-state index is 0.00226. The van der Waals surface area contributed by atoms with Gasteiger partial charge in [0.2, 0.25) is 0 Å². The molecule has 1 heterocycles. The van der Waals surface area contributed by atoms with Gasteiger partial charge in [-0.05, 0) is 49.2 Å². The summed E-state index contributed by atoms with van der Waals surface area (Å²) in [5, 5.41) is 0. The van der Waals surface area contributed by atoms with Crippen molar-refractivity contribution in [3.63, 3.8) is 0 Å². The van der Waals surface area contributed by atoms with Gasteiger partial charge in [-0.1, -0.05) is 0 Å². The van der Waals surface area contributed by atoms with E-state index >= 15 is 0 Å². The third-order valence-electron chi connectivity index (χ3n) is 2.97. The molecule has 1 atom stereocenters. The minimum atomic E-state index is -0.231. The van der Waals surface area contributed by atoms with Crippen LogP contribution in [-0.2, 0) is 13.0 Å². The Morgan fingerprint density at radius 3 is 2.79 bits per heavy atom. The molecule has 1 unspecified atom stereocenters. The maximum absolute atomic E-state index is 13.4. The van der Waals surface area contributed by atoms with Crippen molar-refractivity contribution in [3.05, 3.63) is 53.7 Å². The number of nitrogens with zero attached hydrogens (tertiary/aromatic N) is 1. The van der Waals surface area contributed by atoms with Gasteiger partial charge in [-0.3, -0.25) is 0 Å². The first-order valence-corrected chi connectivity index (χ1v) is 6.34. The Kier molecular flexibility index (Phi) is 4.22. The van der Waals surface area contributed by atoms with Crippen LogP contribution in [0.1, 0.15) is 18.2 Å². The van der Waals surface area contributed by atoms with E-state index in [1.54, 1.807) is 18.4 Å². The quantitative estimate of drug-likeness (QED) is 0.900. The summed E-state index contributed by atoms with van der Waals surface area (Å²) in [5.74, 6) is 0.643. The van der Waals surface area contributed by atoms with E-state index in [4.69, 9.17) is 10.2 Å². The van der Waals surface area contributed by atoms with E-state index in [9.17, 15) is 4.39 Å². The molecular weight excluding hydrogens is 243 g/mol. The second-order valence-corrected chi connectivity index (χ2v) is 4.89. The van der Waals surface area contributed by atoms with Crippen LogP contribution in [0.4, 0.5) is 10.1 Å². The average molecular weight is 262 g/mol. The molecule has 1 aromatic heterocycles. The summed E-state index contributed by atoms with van der Waals surface area (Å²) in [6.45, 7) is 2.56. The van der Waals surface area contributed by atoms with Crippen molar-refractivity contribution >= 4 is 5.69 Å². The van der Waals surface area contributed by atoms with Gasteiger partial charge in [-0.2, -0.15) is 0 Å². The maximum Gasteiger partial charge on any atom is 0.123 e. The van der Waals surface area contributed by atoms with Crippen molar-refractivity contribution < 1.29 is 8.81 Å². The molecule has 2 rings (SSSR count). The molecule has 19 heavy (non-hydrogen) atoms. The monoisotopic (exact) mass is 262 g/mol. The molecule has 1 aromatic carbocycles. The maximum atomic E-state index is 13.4. The second-order valence-electron chi connectivity index (χ2n) is 4.89. The fourth-order valence-electron chi connectivity index (χ4n) is 2.16. The first-order valence-electron chi connectivity index (χ1n) is 6.34. The summed E-state index contributed by atoms with van der Waals surface area (Å²) < 4.78 is 18.7. The lowest BCUT2D eigenvalue weighted by Gasteiger charge is -2.22. The molecule has 0 aliphatic heterocycles. The first kappa shape index (κ1) is 13.6. The Morgan fingerprint density at radius 2 is 2.16 bits per heavy atom. The number of halogens is 1. The highest BCUT2D eigenvalue weighted by Crippen LogP contribution is 2.23. The van der Waals surface area contributed by atoms with Gasteiger partial charge in [0.25, 0.3) is 0 Å². The number of furan rings is 1. The van der Waals surface area contributed by atoms with Crippen LogP contribution in [0.5, 0.6) is 0 Å². The van der Waals surface area contributed by atoms with Crippen LogP contribution in [0.25, 0.3) is 0 Å². The van der Waals surface area contributed by atoms with Crippen LogP contribution >= 0.6 is 0 Å². The summed E-state index contributed by atoms with van der Waals surface area (Å²) >= 11 is 0. The highest BCUT2D eigenvalue weighted by atomic mass is 19.1. The summed E-state index contributed by atoms with van der Waals surface area (Å²) in [6.07, 6.45) is 2.30. The normalized spacial score (nSPS) is 12.4. The fraction of sp³-hybridized carbons (Fsp3) is 0.333. The first-order chi connectivity index (χ1) is 9.06. The zero-order valence-electron chi connectivity index (χ0n) is 11.3. The number of hydrogen-bond donors (Lipinski definition) is 1. The standard InChI is InChI=1S/C15H19FN2O/c1-11(17)8-12-9-13(16)5-6-15(12)18(2)10-14-4-3-7-19-14/h3-7,9,11H,8,10,17H2,1-2H3. The molecule has 0 saturated heterocycles. The van der Waals surface area contributed by atoms with E-state index < -0.39 is 0 Å². The van der Waals surface area contributed by atoms with Crippen molar-refractivity contribution in [1.29, 1.82) is 0 Å². The van der Waals surface area contributed by atoms with Crippen LogP contribution in [-0.4, -0.2) is 13.1 Å². The van der Waals surface area contributed by atoms with Gasteiger partial charge in [0.05, 0.1) is 12.8 Å².